The number of fused-ring (bicyclic) bond motifs is 1. The molecule has 0 radical (unpaired) electrons. The van der Waals surface area contributed by atoms with Crippen LogP contribution in [-0.4, -0.2) is 53.7 Å². The molecule has 0 aliphatic heterocycles. The van der Waals surface area contributed by atoms with Crippen LogP contribution in [0.15, 0.2) is 47.0 Å². The van der Waals surface area contributed by atoms with E-state index in [9.17, 15) is 9.90 Å². The normalized spacial score (nSPS) is 17.9. The molecule has 0 bridgehead atoms. The van der Waals surface area contributed by atoms with Gasteiger partial charge < -0.3 is 19.2 Å². The van der Waals surface area contributed by atoms with Gasteiger partial charge in [0, 0.05) is 30.1 Å². The molecule has 1 N–H and O–H groups in total. The standard InChI is InChI=1S/C23H25N3O4/c1-26(11-13-28)21-16(10-12-27)14-20-18(21)4-3-5-19(20)22-24-23(30-25-22)15-6-8-17(29-2)9-7-15/h3-9,12,16,21,28H,10-11,13-14H2,1-2H3/t16-,21-/m1/s1. The largest absolute Gasteiger partial charge is 0.497 e. The Bertz CT molecular complexity index is 1020. The fraction of sp³-hybridized carbons (Fsp3) is 0.348. The highest BCUT2D eigenvalue weighted by Gasteiger charge is 2.36. The minimum atomic E-state index is 0.0743. The number of aliphatic hydroxyl groups is 1. The van der Waals surface area contributed by atoms with Crippen LogP contribution in [0.3, 0.4) is 0 Å². The molecule has 0 saturated heterocycles. The number of ether oxygens (including phenoxy) is 1. The van der Waals surface area contributed by atoms with Gasteiger partial charge in [0.25, 0.3) is 5.89 Å². The molecule has 1 heterocycles. The first-order valence-corrected chi connectivity index (χ1v) is 10.0. The molecule has 2 aromatic carbocycles. The van der Waals surface area contributed by atoms with Crippen molar-refractivity contribution in [3.63, 3.8) is 0 Å². The summed E-state index contributed by atoms with van der Waals surface area (Å²) in [5.74, 6) is 1.90. The molecule has 2 atom stereocenters. The van der Waals surface area contributed by atoms with Gasteiger partial charge in [-0.25, -0.2) is 0 Å². The highest BCUT2D eigenvalue weighted by molar-refractivity contribution is 5.67. The first kappa shape index (κ1) is 20.3. The van der Waals surface area contributed by atoms with Crippen molar-refractivity contribution in [1.82, 2.24) is 15.0 Å². The summed E-state index contributed by atoms with van der Waals surface area (Å²) in [7, 11) is 3.61. The molecule has 1 aliphatic carbocycles. The number of nitrogens with zero attached hydrogens (tertiary/aromatic N) is 3. The van der Waals surface area contributed by atoms with E-state index in [-0.39, 0.29) is 18.6 Å². The lowest BCUT2D eigenvalue weighted by Gasteiger charge is -2.29. The lowest BCUT2D eigenvalue weighted by molar-refractivity contribution is -0.109. The highest BCUT2D eigenvalue weighted by atomic mass is 16.5. The number of benzene rings is 2. The fourth-order valence-electron chi connectivity index (χ4n) is 4.36. The quantitative estimate of drug-likeness (QED) is 0.574. The number of carbonyl (C=O) groups is 1. The number of hydrogen-bond donors (Lipinski definition) is 1. The molecule has 3 aromatic rings. The van der Waals surface area contributed by atoms with E-state index in [4.69, 9.17) is 9.26 Å². The van der Waals surface area contributed by atoms with Gasteiger partial charge >= 0.3 is 0 Å². The predicted octanol–water partition coefficient (Wildman–Crippen LogP) is 3.14. The summed E-state index contributed by atoms with van der Waals surface area (Å²) in [5, 5.41) is 13.6. The van der Waals surface area contributed by atoms with E-state index in [2.05, 4.69) is 21.1 Å². The van der Waals surface area contributed by atoms with E-state index in [1.807, 2.05) is 43.4 Å². The maximum absolute atomic E-state index is 11.3. The Morgan fingerprint density at radius 1 is 1.27 bits per heavy atom. The van der Waals surface area contributed by atoms with E-state index in [0.29, 0.717) is 24.7 Å². The van der Waals surface area contributed by atoms with Crippen LogP contribution in [0, 0.1) is 5.92 Å². The smallest absolute Gasteiger partial charge is 0.258 e. The van der Waals surface area contributed by atoms with Gasteiger partial charge in [0.15, 0.2) is 0 Å². The van der Waals surface area contributed by atoms with Crippen molar-refractivity contribution in [2.75, 3.05) is 27.3 Å². The molecule has 4 rings (SSSR count). The van der Waals surface area contributed by atoms with Crippen LogP contribution in [0.25, 0.3) is 22.8 Å². The third-order valence-electron chi connectivity index (χ3n) is 5.77. The van der Waals surface area contributed by atoms with Crippen molar-refractivity contribution in [3.8, 4) is 28.6 Å². The molecule has 0 spiro atoms. The van der Waals surface area contributed by atoms with Crippen molar-refractivity contribution in [2.45, 2.75) is 18.9 Å². The molecule has 156 valence electrons. The van der Waals surface area contributed by atoms with Crippen molar-refractivity contribution in [1.29, 1.82) is 0 Å². The summed E-state index contributed by atoms with van der Waals surface area (Å²) in [4.78, 5) is 18.0. The maximum Gasteiger partial charge on any atom is 0.258 e. The van der Waals surface area contributed by atoms with Crippen LogP contribution >= 0.6 is 0 Å². The number of aromatic nitrogens is 2. The maximum atomic E-state index is 11.3. The van der Waals surface area contributed by atoms with E-state index in [1.54, 1.807) is 7.11 Å². The van der Waals surface area contributed by atoms with Crippen LogP contribution in [0.4, 0.5) is 0 Å². The second-order valence-corrected chi connectivity index (χ2v) is 7.54. The van der Waals surface area contributed by atoms with Gasteiger partial charge in [-0.1, -0.05) is 23.4 Å². The summed E-state index contributed by atoms with van der Waals surface area (Å²) >= 11 is 0. The zero-order valence-electron chi connectivity index (χ0n) is 17.1. The number of aliphatic hydroxyl groups excluding tert-OH is 1. The Labute approximate surface area is 175 Å². The predicted molar refractivity (Wildman–Crippen MR) is 112 cm³/mol. The zero-order chi connectivity index (χ0) is 21.1. The first-order chi connectivity index (χ1) is 14.7. The average Bonchev–Trinajstić information content (AvgIpc) is 3.39. The molecule has 0 amide bonds. The summed E-state index contributed by atoms with van der Waals surface area (Å²) < 4.78 is 10.7. The first-order valence-electron chi connectivity index (χ1n) is 10.0. The minimum absolute atomic E-state index is 0.0743. The Kier molecular flexibility index (Phi) is 5.92. The molecule has 1 aromatic heterocycles. The number of carbonyl (C=O) groups excluding carboxylic acids is 1. The van der Waals surface area contributed by atoms with E-state index >= 15 is 0 Å². The second kappa shape index (κ2) is 8.77. The van der Waals surface area contributed by atoms with Crippen LogP contribution < -0.4 is 4.74 Å². The van der Waals surface area contributed by atoms with E-state index in [0.717, 1.165) is 40.7 Å². The van der Waals surface area contributed by atoms with Gasteiger partial charge in [-0.2, -0.15) is 4.98 Å². The van der Waals surface area contributed by atoms with Crippen LogP contribution in [-0.2, 0) is 11.2 Å². The summed E-state index contributed by atoms with van der Waals surface area (Å²) in [6.45, 7) is 0.624. The van der Waals surface area contributed by atoms with Gasteiger partial charge in [0.05, 0.1) is 13.7 Å². The van der Waals surface area contributed by atoms with E-state index < -0.39 is 0 Å². The van der Waals surface area contributed by atoms with Crippen LogP contribution in [0.1, 0.15) is 23.6 Å². The lowest BCUT2D eigenvalue weighted by Crippen LogP contribution is -2.30. The van der Waals surface area contributed by atoms with Crippen molar-refractivity contribution < 1.29 is 19.2 Å². The molecule has 7 heteroatoms. The Morgan fingerprint density at radius 2 is 2.07 bits per heavy atom. The number of hydrogen-bond acceptors (Lipinski definition) is 7. The lowest BCUT2D eigenvalue weighted by atomic mass is 9.96. The molecule has 0 fully saturated rings. The molecule has 7 nitrogen and oxygen atoms in total. The van der Waals surface area contributed by atoms with Crippen molar-refractivity contribution in [3.05, 3.63) is 53.6 Å². The SMILES string of the molecule is COc1ccc(-c2nc(-c3cccc4c3C[C@@H](CC=O)[C@H]4N(C)CCO)no2)cc1. The summed E-state index contributed by atoms with van der Waals surface area (Å²) in [6.07, 6.45) is 2.21. The van der Waals surface area contributed by atoms with E-state index in [1.165, 1.54) is 0 Å². The second-order valence-electron chi connectivity index (χ2n) is 7.54. The topological polar surface area (TPSA) is 88.7 Å². The molecule has 0 unspecified atom stereocenters. The van der Waals surface area contributed by atoms with Crippen LogP contribution in [0.2, 0.25) is 0 Å². The third kappa shape index (κ3) is 3.74. The molecular formula is C23H25N3O4. The number of rotatable bonds is 8. The van der Waals surface area contributed by atoms with Gasteiger partial charge in [-0.15, -0.1) is 0 Å². The Morgan fingerprint density at radius 3 is 2.77 bits per heavy atom. The third-order valence-corrected chi connectivity index (χ3v) is 5.77. The van der Waals surface area contributed by atoms with Gasteiger partial charge in [0.1, 0.15) is 12.0 Å². The van der Waals surface area contributed by atoms with Crippen LogP contribution in [0.5, 0.6) is 5.75 Å². The molecular weight excluding hydrogens is 382 g/mol. The zero-order valence-corrected chi connectivity index (χ0v) is 17.1. The number of methoxy groups -OCH3 is 1. The van der Waals surface area contributed by atoms with Gasteiger partial charge in [0.2, 0.25) is 5.82 Å². The summed E-state index contributed by atoms with van der Waals surface area (Å²) in [5.41, 5.74) is 4.04. The highest BCUT2D eigenvalue weighted by Crippen LogP contribution is 2.44. The monoisotopic (exact) mass is 407 g/mol. The molecule has 1 aliphatic rings. The van der Waals surface area contributed by atoms with Crippen molar-refractivity contribution in [2.24, 2.45) is 5.92 Å². The fourth-order valence-corrected chi connectivity index (χ4v) is 4.36. The van der Waals surface area contributed by atoms with Gasteiger partial charge in [-0.05, 0) is 54.8 Å². The van der Waals surface area contributed by atoms with Gasteiger partial charge in [-0.3, -0.25) is 4.90 Å². The minimum Gasteiger partial charge on any atom is -0.497 e. The Balaban J connectivity index is 1.69. The Hall–Kier alpha value is -3.03. The molecule has 0 saturated carbocycles. The molecule has 30 heavy (non-hydrogen) atoms. The number of likely N-dealkylation sites (N-methyl/N-ethyl adjacent to an activating group) is 1. The number of aldehydes is 1. The van der Waals surface area contributed by atoms with Crippen molar-refractivity contribution >= 4 is 6.29 Å². The average molecular weight is 407 g/mol. The summed E-state index contributed by atoms with van der Waals surface area (Å²) in [6, 6.07) is 13.6.